The SMILES string of the molecule is CC1=CC=CC(C)(N=C(N)Nc2ccccc2)C1. The Labute approximate surface area is 108 Å². The molecule has 1 unspecified atom stereocenters. The maximum Gasteiger partial charge on any atom is 0.193 e. The van der Waals surface area contributed by atoms with Crippen molar-refractivity contribution in [1.82, 2.24) is 0 Å². The zero-order valence-electron chi connectivity index (χ0n) is 10.9. The Morgan fingerprint density at radius 3 is 2.72 bits per heavy atom. The average molecular weight is 241 g/mol. The Morgan fingerprint density at radius 1 is 1.33 bits per heavy atom. The molecular weight excluding hydrogens is 222 g/mol. The van der Waals surface area contributed by atoms with Crippen LogP contribution in [0.25, 0.3) is 0 Å². The second kappa shape index (κ2) is 5.08. The van der Waals surface area contributed by atoms with Gasteiger partial charge in [-0.1, -0.05) is 42.0 Å². The predicted octanol–water partition coefficient (Wildman–Crippen LogP) is 3.08. The number of hydrogen-bond donors (Lipinski definition) is 2. The van der Waals surface area contributed by atoms with E-state index in [1.165, 1.54) is 5.57 Å². The highest BCUT2D eigenvalue weighted by Gasteiger charge is 2.22. The lowest BCUT2D eigenvalue weighted by atomic mass is 9.90. The smallest absolute Gasteiger partial charge is 0.193 e. The summed E-state index contributed by atoms with van der Waals surface area (Å²) in [6.07, 6.45) is 7.14. The van der Waals surface area contributed by atoms with Gasteiger partial charge in [0.05, 0.1) is 5.54 Å². The first-order chi connectivity index (χ1) is 8.57. The van der Waals surface area contributed by atoms with Gasteiger partial charge in [-0.2, -0.15) is 0 Å². The summed E-state index contributed by atoms with van der Waals surface area (Å²) in [6, 6.07) is 9.83. The molecule has 0 saturated carbocycles. The maximum absolute atomic E-state index is 5.95. The largest absolute Gasteiger partial charge is 0.370 e. The fourth-order valence-corrected chi connectivity index (χ4v) is 2.15. The number of rotatable bonds is 2. The van der Waals surface area contributed by atoms with E-state index in [1.54, 1.807) is 0 Å². The van der Waals surface area contributed by atoms with Crippen LogP contribution < -0.4 is 11.1 Å². The lowest BCUT2D eigenvalue weighted by Gasteiger charge is -2.25. The van der Waals surface area contributed by atoms with Crippen molar-refractivity contribution in [1.29, 1.82) is 0 Å². The summed E-state index contributed by atoms with van der Waals surface area (Å²) < 4.78 is 0. The molecule has 1 atom stereocenters. The van der Waals surface area contributed by atoms with Gasteiger partial charge in [0.25, 0.3) is 0 Å². The van der Waals surface area contributed by atoms with Gasteiger partial charge in [0.15, 0.2) is 5.96 Å². The third-order valence-corrected chi connectivity index (χ3v) is 2.89. The van der Waals surface area contributed by atoms with Crippen molar-refractivity contribution < 1.29 is 0 Å². The zero-order valence-corrected chi connectivity index (χ0v) is 10.9. The summed E-state index contributed by atoms with van der Waals surface area (Å²) in [5.74, 6) is 0.447. The summed E-state index contributed by atoms with van der Waals surface area (Å²) in [5, 5.41) is 3.10. The van der Waals surface area contributed by atoms with E-state index in [-0.39, 0.29) is 5.54 Å². The monoisotopic (exact) mass is 241 g/mol. The lowest BCUT2D eigenvalue weighted by molar-refractivity contribution is 0.575. The molecule has 0 amide bonds. The highest BCUT2D eigenvalue weighted by atomic mass is 15.1. The Balaban J connectivity index is 2.09. The van der Waals surface area contributed by atoms with Crippen LogP contribution in [-0.4, -0.2) is 11.5 Å². The first-order valence-corrected chi connectivity index (χ1v) is 6.10. The quantitative estimate of drug-likeness (QED) is 0.617. The fourth-order valence-electron chi connectivity index (χ4n) is 2.15. The molecule has 0 heterocycles. The molecule has 0 bridgehead atoms. The predicted molar refractivity (Wildman–Crippen MR) is 77.6 cm³/mol. The van der Waals surface area contributed by atoms with Gasteiger partial charge in [-0.05, 0) is 32.4 Å². The molecule has 2 rings (SSSR count). The molecule has 1 aliphatic rings. The minimum atomic E-state index is -0.245. The topological polar surface area (TPSA) is 50.4 Å². The molecule has 0 radical (unpaired) electrons. The molecule has 3 nitrogen and oxygen atoms in total. The lowest BCUT2D eigenvalue weighted by Crippen LogP contribution is -2.30. The number of aliphatic imine (C=N–C) groups is 1. The van der Waals surface area contributed by atoms with Crippen LogP contribution in [0.1, 0.15) is 20.3 Å². The summed E-state index contributed by atoms with van der Waals surface area (Å²) in [5.41, 5.74) is 7.98. The fraction of sp³-hybridized carbons (Fsp3) is 0.267. The van der Waals surface area contributed by atoms with Gasteiger partial charge in [-0.25, -0.2) is 4.99 Å². The Kier molecular flexibility index (Phi) is 3.51. The van der Waals surface area contributed by atoms with Gasteiger partial charge in [-0.15, -0.1) is 0 Å². The van der Waals surface area contributed by atoms with Crippen LogP contribution in [-0.2, 0) is 0 Å². The molecule has 0 saturated heterocycles. The number of nitrogens with zero attached hydrogens (tertiary/aromatic N) is 1. The first-order valence-electron chi connectivity index (χ1n) is 6.10. The second-order valence-corrected chi connectivity index (χ2v) is 4.89. The molecule has 0 fully saturated rings. The number of allylic oxidation sites excluding steroid dienone is 2. The molecule has 0 aromatic heterocycles. The van der Waals surface area contributed by atoms with Crippen LogP contribution in [0.4, 0.5) is 5.69 Å². The normalized spacial score (nSPS) is 23.7. The molecule has 94 valence electrons. The van der Waals surface area contributed by atoms with E-state index in [1.807, 2.05) is 36.4 Å². The Bertz CT molecular complexity index is 500. The van der Waals surface area contributed by atoms with Gasteiger partial charge in [0.1, 0.15) is 0 Å². The van der Waals surface area contributed by atoms with Gasteiger partial charge < -0.3 is 11.1 Å². The molecule has 1 aromatic rings. The van der Waals surface area contributed by atoms with E-state index in [2.05, 4.69) is 36.3 Å². The third-order valence-electron chi connectivity index (χ3n) is 2.89. The number of anilines is 1. The summed E-state index contributed by atoms with van der Waals surface area (Å²) >= 11 is 0. The van der Waals surface area contributed by atoms with E-state index in [0.29, 0.717) is 5.96 Å². The number of para-hydroxylation sites is 1. The highest BCUT2D eigenvalue weighted by molar-refractivity contribution is 5.92. The van der Waals surface area contributed by atoms with Crippen molar-refractivity contribution >= 4 is 11.6 Å². The van der Waals surface area contributed by atoms with E-state index in [0.717, 1.165) is 12.1 Å². The van der Waals surface area contributed by atoms with Crippen LogP contribution in [0.3, 0.4) is 0 Å². The standard InChI is InChI=1S/C15H19N3/c1-12-7-6-10-15(2,11-12)18-14(16)17-13-8-4-3-5-9-13/h3-10H,11H2,1-2H3,(H3,16,17,18). The first kappa shape index (κ1) is 12.4. The van der Waals surface area contributed by atoms with E-state index in [4.69, 9.17) is 5.73 Å². The molecule has 3 heteroatoms. The third kappa shape index (κ3) is 3.23. The molecule has 18 heavy (non-hydrogen) atoms. The van der Waals surface area contributed by atoms with Gasteiger partial charge in [0, 0.05) is 5.69 Å². The van der Waals surface area contributed by atoms with Crippen LogP contribution in [0.2, 0.25) is 0 Å². The van der Waals surface area contributed by atoms with E-state index in [9.17, 15) is 0 Å². The molecule has 1 aromatic carbocycles. The summed E-state index contributed by atoms with van der Waals surface area (Å²) in [6.45, 7) is 4.19. The van der Waals surface area contributed by atoms with Crippen LogP contribution in [0.15, 0.2) is 59.1 Å². The molecule has 3 N–H and O–H groups in total. The molecule has 0 spiro atoms. The second-order valence-electron chi connectivity index (χ2n) is 4.89. The molecule has 0 aliphatic heterocycles. The van der Waals surface area contributed by atoms with Gasteiger partial charge in [-0.3, -0.25) is 0 Å². The Morgan fingerprint density at radius 2 is 2.06 bits per heavy atom. The van der Waals surface area contributed by atoms with Crippen LogP contribution in [0, 0.1) is 0 Å². The minimum absolute atomic E-state index is 0.245. The van der Waals surface area contributed by atoms with Crippen molar-refractivity contribution in [3.8, 4) is 0 Å². The van der Waals surface area contributed by atoms with E-state index < -0.39 is 0 Å². The van der Waals surface area contributed by atoms with Crippen LogP contribution >= 0.6 is 0 Å². The summed E-state index contributed by atoms with van der Waals surface area (Å²) in [7, 11) is 0. The van der Waals surface area contributed by atoms with Crippen molar-refractivity contribution in [2.45, 2.75) is 25.8 Å². The van der Waals surface area contributed by atoms with Crippen molar-refractivity contribution in [3.05, 3.63) is 54.1 Å². The van der Waals surface area contributed by atoms with Crippen molar-refractivity contribution in [3.63, 3.8) is 0 Å². The van der Waals surface area contributed by atoms with Crippen LogP contribution in [0.5, 0.6) is 0 Å². The summed E-state index contributed by atoms with van der Waals surface area (Å²) in [4.78, 5) is 4.57. The van der Waals surface area contributed by atoms with E-state index >= 15 is 0 Å². The Hall–Kier alpha value is -2.03. The minimum Gasteiger partial charge on any atom is -0.370 e. The number of benzene rings is 1. The average Bonchev–Trinajstić information content (AvgIpc) is 2.28. The van der Waals surface area contributed by atoms with Crippen molar-refractivity contribution in [2.75, 3.05) is 5.32 Å². The number of hydrogen-bond acceptors (Lipinski definition) is 1. The van der Waals surface area contributed by atoms with Crippen molar-refractivity contribution in [2.24, 2.45) is 10.7 Å². The zero-order chi connectivity index (χ0) is 13.0. The van der Waals surface area contributed by atoms with Gasteiger partial charge in [0.2, 0.25) is 0 Å². The highest BCUT2D eigenvalue weighted by Crippen LogP contribution is 2.26. The molecule has 1 aliphatic carbocycles. The maximum atomic E-state index is 5.95. The van der Waals surface area contributed by atoms with Gasteiger partial charge >= 0.3 is 0 Å². The number of guanidine groups is 1. The number of nitrogens with two attached hydrogens (primary N) is 1. The number of nitrogens with one attached hydrogen (secondary N) is 1. The molecular formula is C15H19N3.